The number of para-hydroxylation sites is 1. The van der Waals surface area contributed by atoms with E-state index in [1.165, 1.54) is 0 Å². The normalized spacial score (nSPS) is 43.2. The number of hydrazone groups is 1. The van der Waals surface area contributed by atoms with Gasteiger partial charge in [0, 0.05) is 17.0 Å². The monoisotopic (exact) mass is 523 g/mol. The van der Waals surface area contributed by atoms with Crippen molar-refractivity contribution < 1.29 is 9.50 Å². The van der Waals surface area contributed by atoms with Gasteiger partial charge < -0.3 is 5.11 Å². The first-order chi connectivity index (χ1) is 16.3. The van der Waals surface area contributed by atoms with E-state index in [0.29, 0.717) is 17.2 Å². The highest BCUT2D eigenvalue weighted by atomic mass is 35.5. The molecule has 3 aliphatic heterocycles. The van der Waals surface area contributed by atoms with Crippen LogP contribution in [0.5, 0.6) is 0 Å². The molecule has 0 spiro atoms. The second-order valence-corrected chi connectivity index (χ2v) is 12.1. The molecule has 2 saturated heterocycles. The Kier molecular flexibility index (Phi) is 5.81. The van der Waals surface area contributed by atoms with Gasteiger partial charge in [-0.15, -0.1) is 11.6 Å². The summed E-state index contributed by atoms with van der Waals surface area (Å²) in [5.41, 5.74) is 1.54. The van der Waals surface area contributed by atoms with Crippen molar-refractivity contribution in [2.24, 2.45) is 34.7 Å². The number of anilines is 1. The third kappa shape index (κ3) is 3.27. The van der Waals surface area contributed by atoms with Crippen LogP contribution in [0.15, 0.2) is 52.6 Å². The Balaban J connectivity index is 1.49. The molecule has 0 bridgehead atoms. The number of hydrogen-bond donors (Lipinski definition) is 1. The molecule has 34 heavy (non-hydrogen) atoms. The standard InChI is InChI=1S/C26H29Cl3FN3O/c1-12(2)23-20-22(31-33(23)19-6-4-3-5-17(19)28)26(34)32-24(20)14-8-7-13(27)11-16(14)15-9-10-18(29)21(30)25(15)32/h3-8,10,12-16,20-21,23-26,34H,9,11H2,1-2H3. The molecule has 4 nitrogen and oxygen atoms in total. The van der Waals surface area contributed by atoms with Gasteiger partial charge in [0.1, 0.15) is 6.23 Å². The number of halogens is 4. The summed E-state index contributed by atoms with van der Waals surface area (Å²) in [6.07, 6.45) is 5.35. The number of allylic oxidation sites excluding steroid dienone is 2. The molecule has 0 amide bonds. The fourth-order valence-corrected chi connectivity index (χ4v) is 8.16. The van der Waals surface area contributed by atoms with Crippen molar-refractivity contribution in [3.8, 4) is 0 Å². The van der Waals surface area contributed by atoms with Gasteiger partial charge in [-0.1, -0.05) is 67.4 Å². The highest BCUT2D eigenvalue weighted by molar-refractivity contribution is 6.33. The molecule has 0 radical (unpaired) electrons. The van der Waals surface area contributed by atoms with Crippen LogP contribution in [0.2, 0.25) is 5.02 Å². The number of benzene rings is 1. The summed E-state index contributed by atoms with van der Waals surface area (Å²) in [6.45, 7) is 4.35. The molecule has 1 aromatic carbocycles. The Bertz CT molecular complexity index is 1080. The number of alkyl halides is 2. The first-order valence-electron chi connectivity index (χ1n) is 12.2. The molecule has 5 aliphatic rings. The molecular weight excluding hydrogens is 496 g/mol. The second-order valence-electron chi connectivity index (χ2n) is 10.7. The number of aliphatic hydroxyl groups excluding tert-OH is 1. The Hall–Kier alpha value is -1.11. The van der Waals surface area contributed by atoms with Gasteiger partial charge in [0.25, 0.3) is 0 Å². The molecule has 1 aromatic rings. The highest BCUT2D eigenvalue weighted by Gasteiger charge is 2.65. The molecule has 2 fully saturated rings. The van der Waals surface area contributed by atoms with E-state index in [4.69, 9.17) is 39.9 Å². The van der Waals surface area contributed by atoms with Gasteiger partial charge in [-0.2, -0.15) is 5.10 Å². The first kappa shape index (κ1) is 23.3. The van der Waals surface area contributed by atoms with E-state index in [1.54, 1.807) is 0 Å². The number of nitrogens with zero attached hydrogens (tertiary/aromatic N) is 3. The largest absolute Gasteiger partial charge is 0.373 e. The van der Waals surface area contributed by atoms with Crippen LogP contribution in [0.25, 0.3) is 0 Å². The molecule has 6 rings (SSSR count). The molecule has 8 heteroatoms. The van der Waals surface area contributed by atoms with Gasteiger partial charge in [0.15, 0.2) is 6.17 Å². The number of rotatable bonds is 2. The molecule has 10 unspecified atom stereocenters. The van der Waals surface area contributed by atoms with E-state index >= 15 is 4.39 Å². The zero-order valence-electron chi connectivity index (χ0n) is 19.1. The maximum atomic E-state index is 15.7. The number of hydrogen-bond acceptors (Lipinski definition) is 4. The van der Waals surface area contributed by atoms with Crippen LogP contribution >= 0.6 is 34.8 Å². The van der Waals surface area contributed by atoms with Crippen LogP contribution in [-0.2, 0) is 0 Å². The number of aliphatic hydroxyl groups is 1. The molecule has 0 saturated carbocycles. The predicted molar refractivity (Wildman–Crippen MR) is 136 cm³/mol. The molecule has 1 N–H and O–H groups in total. The van der Waals surface area contributed by atoms with Crippen LogP contribution in [0.1, 0.15) is 26.7 Å². The van der Waals surface area contributed by atoms with Crippen molar-refractivity contribution in [3.05, 3.63) is 52.5 Å². The topological polar surface area (TPSA) is 39.1 Å². The van der Waals surface area contributed by atoms with Crippen LogP contribution in [0.4, 0.5) is 10.1 Å². The Morgan fingerprint density at radius 2 is 1.88 bits per heavy atom. The summed E-state index contributed by atoms with van der Waals surface area (Å²) in [4.78, 5) is 2.01. The number of fused-ring (bicyclic) bond motifs is 8. The highest BCUT2D eigenvalue weighted by Crippen LogP contribution is 2.56. The van der Waals surface area contributed by atoms with Crippen molar-refractivity contribution in [1.29, 1.82) is 0 Å². The molecule has 3 heterocycles. The van der Waals surface area contributed by atoms with Crippen molar-refractivity contribution in [2.75, 3.05) is 5.01 Å². The Morgan fingerprint density at radius 3 is 2.62 bits per heavy atom. The zero-order valence-corrected chi connectivity index (χ0v) is 21.4. The van der Waals surface area contributed by atoms with E-state index in [2.05, 4.69) is 26.0 Å². The third-order valence-corrected chi connectivity index (χ3v) is 9.67. The van der Waals surface area contributed by atoms with Crippen molar-refractivity contribution >= 4 is 46.2 Å². The van der Waals surface area contributed by atoms with Crippen LogP contribution in [0, 0.1) is 29.6 Å². The van der Waals surface area contributed by atoms with E-state index in [9.17, 15) is 5.11 Å². The summed E-state index contributed by atoms with van der Waals surface area (Å²) in [5.74, 6) is 0.625. The van der Waals surface area contributed by atoms with Crippen LogP contribution < -0.4 is 5.01 Å². The van der Waals surface area contributed by atoms with Gasteiger partial charge in [-0.3, -0.25) is 9.91 Å². The lowest BCUT2D eigenvalue weighted by Crippen LogP contribution is -2.65. The van der Waals surface area contributed by atoms with E-state index in [0.717, 1.165) is 12.1 Å². The van der Waals surface area contributed by atoms with Crippen LogP contribution in [-0.4, -0.2) is 51.6 Å². The average Bonchev–Trinajstić information content (AvgIpc) is 3.32. The lowest BCUT2D eigenvalue weighted by Gasteiger charge is -2.56. The molecule has 182 valence electrons. The van der Waals surface area contributed by atoms with Gasteiger partial charge in [-0.25, -0.2) is 4.39 Å². The maximum absolute atomic E-state index is 15.7. The van der Waals surface area contributed by atoms with Gasteiger partial charge in [-0.05, 0) is 48.6 Å². The fourth-order valence-electron chi connectivity index (χ4n) is 7.43. The minimum absolute atomic E-state index is 0.00783. The average molecular weight is 525 g/mol. The summed E-state index contributed by atoms with van der Waals surface area (Å²) in [5, 5.41) is 19.5. The Labute approximate surface area is 215 Å². The minimum atomic E-state index is -1.32. The van der Waals surface area contributed by atoms with E-state index < -0.39 is 18.4 Å². The third-order valence-electron chi connectivity index (χ3n) is 8.67. The minimum Gasteiger partial charge on any atom is -0.373 e. The van der Waals surface area contributed by atoms with Crippen molar-refractivity contribution in [3.63, 3.8) is 0 Å². The lowest BCUT2D eigenvalue weighted by atomic mass is 9.61. The van der Waals surface area contributed by atoms with Gasteiger partial charge >= 0.3 is 0 Å². The fraction of sp³-hybridized carbons (Fsp3) is 0.577. The number of piperidine rings is 1. The lowest BCUT2D eigenvalue weighted by molar-refractivity contribution is -0.110. The van der Waals surface area contributed by atoms with Gasteiger partial charge in [0.2, 0.25) is 0 Å². The molecular formula is C26H29Cl3FN3O. The van der Waals surface area contributed by atoms with Crippen molar-refractivity contribution in [1.82, 2.24) is 4.90 Å². The van der Waals surface area contributed by atoms with Crippen LogP contribution in [0.3, 0.4) is 0 Å². The smallest absolute Gasteiger partial charge is 0.151 e. The molecule has 2 aliphatic carbocycles. The maximum Gasteiger partial charge on any atom is 0.151 e. The first-order valence-corrected chi connectivity index (χ1v) is 13.4. The van der Waals surface area contributed by atoms with E-state index in [-0.39, 0.29) is 52.1 Å². The summed E-state index contributed by atoms with van der Waals surface area (Å²) >= 11 is 19.5. The van der Waals surface area contributed by atoms with Gasteiger partial charge in [0.05, 0.1) is 33.9 Å². The van der Waals surface area contributed by atoms with E-state index in [1.807, 2.05) is 40.3 Å². The molecule has 0 aromatic heterocycles. The SMILES string of the molecule is CC(C)C1C2C(=NN1c1ccccc1Cl)C(O)N1C3C(F)C(Cl)=CCC3C3CC(Cl)C=CC3C21. The molecule has 10 atom stereocenters. The zero-order chi connectivity index (χ0) is 23.9. The van der Waals surface area contributed by atoms with Crippen molar-refractivity contribution in [2.45, 2.75) is 62.6 Å². The summed E-state index contributed by atoms with van der Waals surface area (Å²) < 4.78 is 15.7. The predicted octanol–water partition coefficient (Wildman–Crippen LogP) is 5.82. The Morgan fingerprint density at radius 1 is 1.12 bits per heavy atom. The second kappa shape index (κ2) is 8.48. The summed E-state index contributed by atoms with van der Waals surface area (Å²) in [6, 6.07) is 7.11. The summed E-state index contributed by atoms with van der Waals surface area (Å²) in [7, 11) is 0. The quantitative estimate of drug-likeness (QED) is 0.391.